The second-order valence-corrected chi connectivity index (χ2v) is 7.09. The number of nitrogens with zero attached hydrogens (tertiary/aromatic N) is 1. The van der Waals surface area contributed by atoms with Crippen molar-refractivity contribution in [2.75, 3.05) is 0 Å². The van der Waals surface area contributed by atoms with E-state index in [1.807, 2.05) is 25.1 Å². The molecule has 2 rings (SSSR count). The van der Waals surface area contributed by atoms with Crippen LogP contribution in [0.5, 0.6) is 0 Å². The Kier molecular flexibility index (Phi) is 4.64. The molecule has 0 spiro atoms. The Morgan fingerprint density at radius 3 is 2.72 bits per heavy atom. The van der Waals surface area contributed by atoms with Gasteiger partial charge in [0, 0.05) is 20.9 Å². The molecule has 18 heavy (non-hydrogen) atoms. The molecule has 2 N–H and O–H groups in total. The average molecular weight is 393 g/mol. The fourth-order valence-corrected chi connectivity index (χ4v) is 3.19. The van der Waals surface area contributed by atoms with Gasteiger partial charge in [-0.15, -0.1) is 11.3 Å². The van der Waals surface area contributed by atoms with Gasteiger partial charge < -0.3 is 5.73 Å². The van der Waals surface area contributed by atoms with Crippen molar-refractivity contribution in [3.05, 3.63) is 47.9 Å². The van der Waals surface area contributed by atoms with Crippen molar-refractivity contribution in [2.24, 2.45) is 5.73 Å². The lowest BCUT2D eigenvalue weighted by Gasteiger charge is -2.11. The molecule has 5 heteroatoms. The van der Waals surface area contributed by atoms with Gasteiger partial charge in [-0.1, -0.05) is 17.7 Å². The van der Waals surface area contributed by atoms with Crippen molar-refractivity contribution in [1.29, 1.82) is 0 Å². The van der Waals surface area contributed by atoms with Crippen LogP contribution in [0.25, 0.3) is 0 Å². The molecule has 0 aliphatic rings. The Bertz CT molecular complexity index is 549. The summed E-state index contributed by atoms with van der Waals surface area (Å²) < 4.78 is 1.05. The summed E-state index contributed by atoms with van der Waals surface area (Å²) in [5.74, 6) is 0. The molecule has 0 saturated carbocycles. The number of hydrogen-bond acceptors (Lipinski definition) is 3. The quantitative estimate of drug-likeness (QED) is 0.793. The zero-order chi connectivity index (χ0) is 13.3. The largest absolute Gasteiger partial charge is 0.324 e. The fraction of sp³-hybridized carbons (Fsp3) is 0.308. The smallest absolute Gasteiger partial charge is 0.0949 e. The molecule has 0 bridgehead atoms. The van der Waals surface area contributed by atoms with Gasteiger partial charge in [0.25, 0.3) is 0 Å². The molecule has 1 aromatic carbocycles. The van der Waals surface area contributed by atoms with Crippen LogP contribution in [0.2, 0.25) is 5.02 Å². The van der Waals surface area contributed by atoms with Gasteiger partial charge in [0.2, 0.25) is 0 Å². The lowest BCUT2D eigenvalue weighted by atomic mass is 10.1. The second-order valence-electron chi connectivity index (χ2n) is 4.23. The van der Waals surface area contributed by atoms with Gasteiger partial charge in [0.1, 0.15) is 0 Å². The molecule has 1 heterocycles. The van der Waals surface area contributed by atoms with Gasteiger partial charge in [-0.25, -0.2) is 4.98 Å². The Hall–Kier alpha value is -0.170. The van der Waals surface area contributed by atoms with Crippen LogP contribution in [0.15, 0.2) is 18.2 Å². The highest BCUT2D eigenvalue weighted by Gasteiger charge is 2.12. The zero-order valence-electron chi connectivity index (χ0n) is 10.2. The minimum absolute atomic E-state index is 0.0514. The summed E-state index contributed by atoms with van der Waals surface area (Å²) >= 11 is 10.0. The molecule has 0 saturated heterocycles. The number of nitrogens with two attached hydrogens (primary N) is 1. The highest BCUT2D eigenvalue weighted by atomic mass is 127. The van der Waals surface area contributed by atoms with Crippen molar-refractivity contribution in [3.8, 4) is 0 Å². The number of benzene rings is 1. The number of aromatic nitrogens is 1. The first-order valence-electron chi connectivity index (χ1n) is 5.61. The molecule has 96 valence electrons. The lowest BCUT2D eigenvalue weighted by Crippen LogP contribution is -2.13. The summed E-state index contributed by atoms with van der Waals surface area (Å²) in [5, 5.41) is 1.85. The van der Waals surface area contributed by atoms with E-state index in [4.69, 9.17) is 17.3 Å². The highest BCUT2D eigenvalue weighted by Crippen LogP contribution is 2.26. The van der Waals surface area contributed by atoms with Gasteiger partial charge >= 0.3 is 0 Å². The average Bonchev–Trinajstić information content (AvgIpc) is 2.61. The van der Waals surface area contributed by atoms with E-state index in [1.54, 1.807) is 11.3 Å². The Morgan fingerprint density at radius 2 is 2.17 bits per heavy atom. The van der Waals surface area contributed by atoms with Crippen LogP contribution >= 0.6 is 45.5 Å². The maximum atomic E-state index is 6.21. The van der Waals surface area contributed by atoms with E-state index in [-0.39, 0.29) is 6.04 Å². The predicted octanol–water partition coefficient (Wildman–Crippen LogP) is 4.26. The Morgan fingerprint density at radius 1 is 1.44 bits per heavy atom. The van der Waals surface area contributed by atoms with E-state index in [1.165, 1.54) is 4.88 Å². The van der Waals surface area contributed by atoms with Crippen LogP contribution in [-0.2, 0) is 6.42 Å². The minimum Gasteiger partial charge on any atom is -0.324 e. The van der Waals surface area contributed by atoms with E-state index >= 15 is 0 Å². The van der Waals surface area contributed by atoms with Gasteiger partial charge in [0.05, 0.1) is 15.7 Å². The van der Waals surface area contributed by atoms with Gasteiger partial charge in [-0.2, -0.15) is 0 Å². The molecule has 1 unspecified atom stereocenters. The third-order valence-electron chi connectivity index (χ3n) is 2.84. The van der Waals surface area contributed by atoms with E-state index in [2.05, 4.69) is 34.5 Å². The highest BCUT2D eigenvalue weighted by molar-refractivity contribution is 14.1. The van der Waals surface area contributed by atoms with Crippen LogP contribution in [0.3, 0.4) is 0 Å². The third kappa shape index (κ3) is 3.23. The van der Waals surface area contributed by atoms with Crippen molar-refractivity contribution in [3.63, 3.8) is 0 Å². The van der Waals surface area contributed by atoms with Crippen LogP contribution in [-0.4, -0.2) is 4.98 Å². The minimum atomic E-state index is -0.0514. The number of halogens is 2. The fourth-order valence-electron chi connectivity index (χ4n) is 1.68. The number of thiazole rings is 1. The summed E-state index contributed by atoms with van der Waals surface area (Å²) in [6, 6.07) is 5.92. The Balaban J connectivity index is 2.16. The molecule has 0 amide bonds. The molecule has 0 radical (unpaired) electrons. The number of rotatable bonds is 3. The molecule has 0 fully saturated rings. The summed E-state index contributed by atoms with van der Waals surface area (Å²) in [6.07, 6.45) is 0.760. The van der Waals surface area contributed by atoms with Crippen molar-refractivity contribution in [1.82, 2.24) is 4.98 Å². The van der Waals surface area contributed by atoms with Crippen molar-refractivity contribution < 1.29 is 0 Å². The molecule has 2 nitrogen and oxygen atoms in total. The summed E-state index contributed by atoms with van der Waals surface area (Å²) in [4.78, 5) is 5.78. The number of aryl methyl sites for hydroxylation is 2. The summed E-state index contributed by atoms with van der Waals surface area (Å²) in [7, 11) is 0. The van der Waals surface area contributed by atoms with Crippen LogP contribution in [0, 0.1) is 17.4 Å². The van der Waals surface area contributed by atoms with Crippen LogP contribution in [0.4, 0.5) is 0 Å². The van der Waals surface area contributed by atoms with Crippen LogP contribution < -0.4 is 5.73 Å². The first-order valence-corrected chi connectivity index (χ1v) is 7.88. The topological polar surface area (TPSA) is 38.9 Å². The summed E-state index contributed by atoms with van der Waals surface area (Å²) in [5.41, 5.74) is 8.37. The first kappa shape index (κ1) is 14.2. The van der Waals surface area contributed by atoms with Gasteiger partial charge in [-0.05, 0) is 54.1 Å². The van der Waals surface area contributed by atoms with Crippen molar-refractivity contribution >= 4 is 45.5 Å². The Labute approximate surface area is 130 Å². The molecule has 0 aliphatic heterocycles. The maximum Gasteiger partial charge on any atom is 0.0949 e. The molecule has 2 aromatic rings. The molecular formula is C13H14ClIN2S. The SMILES string of the molecule is Cc1nc(CC(N)c2ccc(I)c(Cl)c2)sc1C. The predicted molar refractivity (Wildman–Crippen MR) is 86.4 cm³/mol. The summed E-state index contributed by atoms with van der Waals surface area (Å²) in [6.45, 7) is 4.12. The van der Waals surface area contributed by atoms with Crippen LogP contribution in [0.1, 0.15) is 27.2 Å². The zero-order valence-corrected chi connectivity index (χ0v) is 13.9. The molecule has 1 atom stereocenters. The monoisotopic (exact) mass is 392 g/mol. The molecular weight excluding hydrogens is 379 g/mol. The van der Waals surface area contributed by atoms with Crippen molar-refractivity contribution in [2.45, 2.75) is 26.3 Å². The standard InChI is InChI=1S/C13H14ClIN2S/c1-7-8(2)18-13(17-7)6-12(16)9-3-4-11(15)10(14)5-9/h3-5,12H,6,16H2,1-2H3. The van der Waals surface area contributed by atoms with Gasteiger partial charge in [0.15, 0.2) is 0 Å². The first-order chi connectivity index (χ1) is 8.47. The van der Waals surface area contributed by atoms with E-state index in [9.17, 15) is 0 Å². The molecule has 0 aliphatic carbocycles. The lowest BCUT2D eigenvalue weighted by molar-refractivity contribution is 0.716. The normalized spacial score (nSPS) is 12.7. The van der Waals surface area contributed by atoms with E-state index < -0.39 is 0 Å². The third-order valence-corrected chi connectivity index (χ3v) is 5.51. The van der Waals surface area contributed by atoms with Gasteiger partial charge in [-0.3, -0.25) is 0 Å². The number of hydrogen-bond donors (Lipinski definition) is 1. The van der Waals surface area contributed by atoms with E-state index in [0.29, 0.717) is 0 Å². The second kappa shape index (κ2) is 5.86. The maximum absolute atomic E-state index is 6.21. The van der Waals surface area contributed by atoms with E-state index in [0.717, 1.165) is 31.3 Å². The molecule has 1 aromatic heterocycles.